The van der Waals surface area contributed by atoms with Crippen molar-refractivity contribution in [2.24, 2.45) is 11.7 Å². The summed E-state index contributed by atoms with van der Waals surface area (Å²) in [7, 11) is 0. The molecule has 1 aliphatic carbocycles. The molecule has 3 nitrogen and oxygen atoms in total. The van der Waals surface area contributed by atoms with E-state index in [4.69, 9.17) is 17.3 Å². The van der Waals surface area contributed by atoms with Crippen molar-refractivity contribution in [3.05, 3.63) is 34.4 Å². The van der Waals surface area contributed by atoms with Gasteiger partial charge in [0.2, 0.25) is 0 Å². The van der Waals surface area contributed by atoms with Crippen molar-refractivity contribution >= 4 is 17.5 Å². The van der Waals surface area contributed by atoms with Crippen LogP contribution in [0.2, 0.25) is 5.02 Å². The number of rotatable bonds is 3. The molecule has 0 spiro atoms. The Morgan fingerprint density at radius 1 is 1.30 bits per heavy atom. The molecule has 0 saturated heterocycles. The Morgan fingerprint density at radius 3 is 2.65 bits per heavy atom. The third-order valence-corrected chi connectivity index (χ3v) is 4.10. The molecule has 2 unspecified atom stereocenters. The highest BCUT2D eigenvalue weighted by molar-refractivity contribution is 6.33. The Labute approximate surface area is 121 Å². The highest BCUT2D eigenvalue weighted by Gasteiger charge is 2.26. The number of halogens is 3. The van der Waals surface area contributed by atoms with E-state index < -0.39 is 17.5 Å². The number of hydrogen-bond acceptors (Lipinski definition) is 2. The summed E-state index contributed by atoms with van der Waals surface area (Å²) >= 11 is 5.79. The number of nitrogens with two attached hydrogens (primary N) is 1. The third-order valence-electron chi connectivity index (χ3n) is 3.78. The fourth-order valence-electron chi connectivity index (χ4n) is 2.62. The molecular formula is C14H17ClF2N2O. The lowest BCUT2D eigenvalue weighted by Crippen LogP contribution is -2.44. The van der Waals surface area contributed by atoms with E-state index in [1.807, 2.05) is 0 Å². The first kappa shape index (κ1) is 15.2. The number of nitrogens with one attached hydrogen (secondary N) is 1. The van der Waals surface area contributed by atoms with Crippen LogP contribution in [0.25, 0.3) is 0 Å². The molecular weight excluding hydrogens is 286 g/mol. The molecule has 0 aliphatic heterocycles. The van der Waals surface area contributed by atoms with Gasteiger partial charge in [-0.1, -0.05) is 24.4 Å². The molecule has 110 valence electrons. The normalized spacial score (nSPS) is 22.6. The largest absolute Gasteiger partial charge is 0.349 e. The summed E-state index contributed by atoms with van der Waals surface area (Å²) in [6.07, 6.45) is 3.93. The summed E-state index contributed by atoms with van der Waals surface area (Å²) < 4.78 is 26.2. The molecule has 6 heteroatoms. The van der Waals surface area contributed by atoms with Gasteiger partial charge in [0.05, 0.1) is 10.6 Å². The second kappa shape index (κ2) is 6.50. The lowest BCUT2D eigenvalue weighted by Gasteiger charge is -2.31. The Morgan fingerprint density at radius 2 is 1.95 bits per heavy atom. The van der Waals surface area contributed by atoms with Crippen molar-refractivity contribution in [2.45, 2.75) is 31.7 Å². The molecule has 0 radical (unpaired) electrons. The lowest BCUT2D eigenvalue weighted by atomic mass is 9.84. The van der Waals surface area contributed by atoms with Crippen LogP contribution in [-0.2, 0) is 0 Å². The van der Waals surface area contributed by atoms with Crippen molar-refractivity contribution in [1.82, 2.24) is 5.32 Å². The zero-order valence-electron chi connectivity index (χ0n) is 11.0. The van der Waals surface area contributed by atoms with E-state index in [-0.39, 0.29) is 22.5 Å². The summed E-state index contributed by atoms with van der Waals surface area (Å²) in [5.74, 6) is -2.42. The van der Waals surface area contributed by atoms with E-state index >= 15 is 0 Å². The van der Waals surface area contributed by atoms with Gasteiger partial charge in [-0.25, -0.2) is 8.78 Å². The molecule has 1 aliphatic rings. The maximum Gasteiger partial charge on any atom is 0.253 e. The van der Waals surface area contributed by atoms with Gasteiger partial charge in [0.15, 0.2) is 11.6 Å². The molecule has 0 heterocycles. The van der Waals surface area contributed by atoms with Crippen molar-refractivity contribution in [3.8, 4) is 0 Å². The maximum absolute atomic E-state index is 13.2. The Hall–Kier alpha value is -1.20. The molecule has 0 bridgehead atoms. The van der Waals surface area contributed by atoms with Crippen LogP contribution in [0.4, 0.5) is 8.78 Å². The van der Waals surface area contributed by atoms with Gasteiger partial charge in [0.1, 0.15) is 0 Å². The van der Waals surface area contributed by atoms with Crippen molar-refractivity contribution in [2.75, 3.05) is 6.54 Å². The number of amides is 1. The quantitative estimate of drug-likeness (QED) is 0.844. The number of benzene rings is 1. The minimum absolute atomic E-state index is 0.0366. The zero-order valence-corrected chi connectivity index (χ0v) is 11.7. The summed E-state index contributed by atoms with van der Waals surface area (Å²) in [5, 5.41) is 2.74. The average molecular weight is 303 g/mol. The van der Waals surface area contributed by atoms with Crippen LogP contribution in [0, 0.1) is 17.6 Å². The van der Waals surface area contributed by atoms with Crippen LogP contribution >= 0.6 is 11.6 Å². The van der Waals surface area contributed by atoms with Gasteiger partial charge in [-0.15, -0.1) is 0 Å². The Bertz CT molecular complexity index is 510. The predicted molar refractivity (Wildman–Crippen MR) is 73.6 cm³/mol. The lowest BCUT2D eigenvalue weighted by molar-refractivity contribution is 0.0907. The molecule has 2 atom stereocenters. The first-order chi connectivity index (χ1) is 9.52. The maximum atomic E-state index is 13.2. The summed E-state index contributed by atoms with van der Waals surface area (Å²) in [5.41, 5.74) is 5.65. The van der Waals surface area contributed by atoms with E-state index in [1.165, 1.54) is 0 Å². The van der Waals surface area contributed by atoms with Gasteiger partial charge in [-0.05, 0) is 37.4 Å². The first-order valence-electron chi connectivity index (χ1n) is 6.68. The summed E-state index contributed by atoms with van der Waals surface area (Å²) in [6.45, 7) is 0.496. The predicted octanol–water partition coefficient (Wildman–Crippen LogP) is 2.87. The van der Waals surface area contributed by atoms with Gasteiger partial charge in [0.25, 0.3) is 5.91 Å². The third kappa shape index (κ3) is 3.27. The number of hydrogen-bond donors (Lipinski definition) is 2. The molecule has 1 aromatic rings. The van der Waals surface area contributed by atoms with Gasteiger partial charge in [-0.3, -0.25) is 4.79 Å². The Balaban J connectivity index is 2.13. The highest BCUT2D eigenvalue weighted by atomic mass is 35.5. The van der Waals surface area contributed by atoms with E-state index in [9.17, 15) is 13.6 Å². The first-order valence-corrected chi connectivity index (χ1v) is 7.06. The molecule has 1 amide bonds. The molecule has 1 aromatic carbocycles. The van der Waals surface area contributed by atoms with E-state index in [2.05, 4.69) is 5.32 Å². The number of carbonyl (C=O) groups excluding carboxylic acids is 1. The fraction of sp³-hybridized carbons (Fsp3) is 0.500. The van der Waals surface area contributed by atoms with Gasteiger partial charge in [-0.2, -0.15) is 0 Å². The molecule has 0 aromatic heterocycles. The SMILES string of the molecule is NCC1CCCCC1NC(=O)c1cc(F)c(F)cc1Cl. The van der Waals surface area contributed by atoms with Crippen LogP contribution in [-0.4, -0.2) is 18.5 Å². The Kier molecular flexibility index (Phi) is 4.94. The fourth-order valence-corrected chi connectivity index (χ4v) is 2.86. The minimum Gasteiger partial charge on any atom is -0.349 e. The van der Waals surface area contributed by atoms with E-state index in [0.717, 1.165) is 37.8 Å². The summed E-state index contributed by atoms with van der Waals surface area (Å²) in [6, 6.07) is 1.60. The number of carbonyl (C=O) groups is 1. The van der Waals surface area contributed by atoms with Gasteiger partial charge in [0, 0.05) is 6.04 Å². The molecule has 3 N–H and O–H groups in total. The van der Waals surface area contributed by atoms with Crippen LogP contribution in [0.5, 0.6) is 0 Å². The van der Waals surface area contributed by atoms with Crippen LogP contribution in [0.3, 0.4) is 0 Å². The standard InChI is InChI=1S/C14H17ClF2N2O/c15-10-6-12(17)11(16)5-9(10)14(20)19-13-4-2-1-3-8(13)7-18/h5-6,8,13H,1-4,7,18H2,(H,19,20). The van der Waals surface area contributed by atoms with Gasteiger partial charge < -0.3 is 11.1 Å². The molecule has 1 saturated carbocycles. The van der Waals surface area contributed by atoms with Crippen LogP contribution < -0.4 is 11.1 Å². The average Bonchev–Trinajstić information content (AvgIpc) is 2.43. The smallest absolute Gasteiger partial charge is 0.253 e. The molecule has 20 heavy (non-hydrogen) atoms. The van der Waals surface area contributed by atoms with E-state index in [0.29, 0.717) is 6.54 Å². The van der Waals surface area contributed by atoms with Crippen LogP contribution in [0.15, 0.2) is 12.1 Å². The van der Waals surface area contributed by atoms with Crippen molar-refractivity contribution < 1.29 is 13.6 Å². The second-order valence-electron chi connectivity index (χ2n) is 5.11. The van der Waals surface area contributed by atoms with E-state index in [1.54, 1.807) is 0 Å². The second-order valence-corrected chi connectivity index (χ2v) is 5.51. The van der Waals surface area contributed by atoms with Crippen molar-refractivity contribution in [3.63, 3.8) is 0 Å². The molecule has 2 rings (SSSR count). The minimum atomic E-state index is -1.08. The highest BCUT2D eigenvalue weighted by Crippen LogP contribution is 2.25. The van der Waals surface area contributed by atoms with Crippen molar-refractivity contribution in [1.29, 1.82) is 0 Å². The monoisotopic (exact) mass is 302 g/mol. The zero-order chi connectivity index (χ0) is 14.7. The topological polar surface area (TPSA) is 55.1 Å². The molecule has 1 fully saturated rings. The summed E-state index contributed by atoms with van der Waals surface area (Å²) in [4.78, 5) is 12.1. The van der Waals surface area contributed by atoms with Gasteiger partial charge >= 0.3 is 0 Å². The van der Waals surface area contributed by atoms with Crippen LogP contribution in [0.1, 0.15) is 36.0 Å².